The topological polar surface area (TPSA) is 50.7 Å². The summed E-state index contributed by atoms with van der Waals surface area (Å²) >= 11 is 11.0. The van der Waals surface area contributed by atoms with Crippen LogP contribution in [0.1, 0.15) is 0 Å². The van der Waals surface area contributed by atoms with Crippen LogP contribution in [0.25, 0.3) is 0 Å². The Bertz CT molecular complexity index is 524. The molecule has 0 bridgehead atoms. The number of benzene rings is 1. The van der Waals surface area contributed by atoms with E-state index in [2.05, 4.69) is 20.3 Å². The molecule has 0 aliphatic heterocycles. The fraction of sp³-hybridized carbons (Fsp3) is 0. The van der Waals surface area contributed by atoms with Gasteiger partial charge in [-0.3, -0.25) is 0 Å². The molecule has 0 aliphatic rings. The van der Waals surface area contributed by atoms with E-state index in [1.165, 1.54) is 6.07 Å². The summed E-state index contributed by atoms with van der Waals surface area (Å²) in [5.41, 5.74) is -0.383. The molecule has 0 unspecified atom stereocenters. The largest absolute Gasteiger partial charge is 0.319 e. The number of rotatable bonds is 2. The summed E-state index contributed by atoms with van der Waals surface area (Å²) in [4.78, 5) is 10.8. The Labute approximate surface area is 105 Å². The fourth-order valence-corrected chi connectivity index (χ4v) is 1.47. The van der Waals surface area contributed by atoms with E-state index < -0.39 is 11.6 Å². The van der Waals surface area contributed by atoms with E-state index in [9.17, 15) is 8.78 Å². The molecule has 1 aromatic carbocycles. The second-order valence-electron chi connectivity index (χ2n) is 2.92. The van der Waals surface area contributed by atoms with Gasteiger partial charge in [-0.2, -0.15) is 15.0 Å². The molecule has 0 saturated carbocycles. The van der Waals surface area contributed by atoms with E-state index in [0.29, 0.717) is 0 Å². The molecule has 0 spiro atoms. The second kappa shape index (κ2) is 4.77. The van der Waals surface area contributed by atoms with Crippen LogP contribution in [-0.4, -0.2) is 15.0 Å². The molecule has 1 N–H and O–H groups in total. The maximum Gasteiger partial charge on any atom is 0.232 e. The monoisotopic (exact) mass is 276 g/mol. The Balaban J connectivity index is 2.38. The van der Waals surface area contributed by atoms with Crippen LogP contribution in [0, 0.1) is 11.6 Å². The van der Waals surface area contributed by atoms with Crippen LogP contribution in [0.15, 0.2) is 18.2 Å². The molecule has 1 aromatic heterocycles. The van der Waals surface area contributed by atoms with Gasteiger partial charge in [0.05, 0.1) is 0 Å². The standard InChI is InChI=1S/C9H4Cl2F2N4/c10-7-15-8(11)17-9(16-7)14-6-4(12)2-1-3-5(6)13/h1-3H,(H,14,15,16,17). The van der Waals surface area contributed by atoms with Crippen LogP contribution in [0.5, 0.6) is 0 Å². The number of para-hydroxylation sites is 1. The van der Waals surface area contributed by atoms with Crippen molar-refractivity contribution in [1.29, 1.82) is 0 Å². The normalized spacial score (nSPS) is 10.4. The third-order valence-corrected chi connectivity index (χ3v) is 2.12. The molecule has 0 radical (unpaired) electrons. The van der Waals surface area contributed by atoms with Crippen molar-refractivity contribution in [3.05, 3.63) is 40.4 Å². The Morgan fingerprint density at radius 2 is 1.47 bits per heavy atom. The zero-order valence-electron chi connectivity index (χ0n) is 8.09. The van der Waals surface area contributed by atoms with Crippen molar-refractivity contribution in [2.75, 3.05) is 5.32 Å². The van der Waals surface area contributed by atoms with Gasteiger partial charge in [0.1, 0.15) is 17.3 Å². The molecular formula is C9H4Cl2F2N4. The maximum atomic E-state index is 13.3. The molecule has 4 nitrogen and oxygen atoms in total. The van der Waals surface area contributed by atoms with Crippen molar-refractivity contribution in [1.82, 2.24) is 15.0 Å². The van der Waals surface area contributed by atoms with Gasteiger partial charge < -0.3 is 5.32 Å². The Morgan fingerprint density at radius 1 is 0.941 bits per heavy atom. The van der Waals surface area contributed by atoms with Crippen LogP contribution >= 0.6 is 23.2 Å². The second-order valence-corrected chi connectivity index (χ2v) is 3.59. The highest BCUT2D eigenvalue weighted by Gasteiger charge is 2.11. The van der Waals surface area contributed by atoms with Crippen molar-refractivity contribution in [2.24, 2.45) is 0 Å². The number of nitrogens with one attached hydrogen (secondary N) is 1. The van der Waals surface area contributed by atoms with Crippen LogP contribution in [-0.2, 0) is 0 Å². The van der Waals surface area contributed by atoms with Gasteiger partial charge in [-0.05, 0) is 35.3 Å². The van der Waals surface area contributed by atoms with E-state index >= 15 is 0 Å². The number of anilines is 2. The highest BCUT2D eigenvalue weighted by Crippen LogP contribution is 2.22. The smallest absolute Gasteiger partial charge is 0.232 e. The van der Waals surface area contributed by atoms with Crippen molar-refractivity contribution in [3.8, 4) is 0 Å². The highest BCUT2D eigenvalue weighted by atomic mass is 35.5. The summed E-state index contributed by atoms with van der Waals surface area (Å²) in [5.74, 6) is -1.70. The number of hydrogen-bond acceptors (Lipinski definition) is 4. The van der Waals surface area contributed by atoms with E-state index in [4.69, 9.17) is 23.2 Å². The summed E-state index contributed by atoms with van der Waals surface area (Å²) < 4.78 is 26.6. The first kappa shape index (κ1) is 11.9. The quantitative estimate of drug-likeness (QED) is 0.915. The minimum atomic E-state index is -0.780. The van der Waals surface area contributed by atoms with E-state index in [0.717, 1.165) is 12.1 Å². The summed E-state index contributed by atoms with van der Waals surface area (Å²) in [6.07, 6.45) is 0. The molecule has 1 heterocycles. The number of halogens is 4. The van der Waals surface area contributed by atoms with Crippen LogP contribution in [0.4, 0.5) is 20.4 Å². The van der Waals surface area contributed by atoms with Gasteiger partial charge in [-0.15, -0.1) is 0 Å². The minimum Gasteiger partial charge on any atom is -0.319 e. The fourth-order valence-electron chi connectivity index (χ4n) is 1.11. The van der Waals surface area contributed by atoms with Gasteiger partial charge in [0.25, 0.3) is 0 Å². The molecule has 2 rings (SSSR count). The predicted molar refractivity (Wildman–Crippen MR) is 59.5 cm³/mol. The van der Waals surface area contributed by atoms with E-state index in [1.54, 1.807) is 0 Å². The van der Waals surface area contributed by atoms with E-state index in [-0.39, 0.29) is 22.2 Å². The maximum absolute atomic E-state index is 13.3. The summed E-state index contributed by atoms with van der Waals surface area (Å²) in [6, 6.07) is 3.43. The molecule has 0 atom stereocenters. The van der Waals surface area contributed by atoms with Crippen molar-refractivity contribution >= 4 is 34.8 Å². The van der Waals surface area contributed by atoms with Crippen molar-refractivity contribution in [2.45, 2.75) is 0 Å². The third-order valence-electron chi connectivity index (χ3n) is 1.78. The molecule has 0 saturated heterocycles. The SMILES string of the molecule is Fc1cccc(F)c1Nc1nc(Cl)nc(Cl)n1. The van der Waals surface area contributed by atoms with Crippen LogP contribution < -0.4 is 5.32 Å². The van der Waals surface area contributed by atoms with Gasteiger partial charge in [0.15, 0.2) is 0 Å². The highest BCUT2D eigenvalue weighted by molar-refractivity contribution is 6.31. The zero-order chi connectivity index (χ0) is 12.4. The van der Waals surface area contributed by atoms with Gasteiger partial charge in [0, 0.05) is 0 Å². The Kier molecular flexibility index (Phi) is 3.35. The predicted octanol–water partition coefficient (Wildman–Crippen LogP) is 3.20. The molecular weight excluding hydrogens is 273 g/mol. The van der Waals surface area contributed by atoms with Gasteiger partial charge >= 0.3 is 0 Å². The first-order chi connectivity index (χ1) is 8.06. The zero-order valence-corrected chi connectivity index (χ0v) is 9.60. The lowest BCUT2D eigenvalue weighted by molar-refractivity contribution is 0.590. The Morgan fingerprint density at radius 3 is 2.00 bits per heavy atom. The molecule has 8 heteroatoms. The lowest BCUT2D eigenvalue weighted by Crippen LogP contribution is -2.03. The summed E-state index contributed by atoms with van der Waals surface area (Å²) in [5, 5.41) is 1.99. The summed E-state index contributed by atoms with van der Waals surface area (Å²) in [6.45, 7) is 0. The average molecular weight is 277 g/mol. The lowest BCUT2D eigenvalue weighted by atomic mass is 10.3. The van der Waals surface area contributed by atoms with Crippen molar-refractivity contribution < 1.29 is 8.78 Å². The Hall–Kier alpha value is -1.53. The number of nitrogens with zero attached hydrogens (tertiary/aromatic N) is 3. The number of aromatic nitrogens is 3. The summed E-state index contributed by atoms with van der Waals surface area (Å²) in [7, 11) is 0. The molecule has 2 aromatic rings. The molecule has 88 valence electrons. The van der Waals surface area contributed by atoms with Crippen molar-refractivity contribution in [3.63, 3.8) is 0 Å². The molecule has 0 amide bonds. The van der Waals surface area contributed by atoms with Gasteiger partial charge in [0.2, 0.25) is 16.5 Å². The lowest BCUT2D eigenvalue weighted by Gasteiger charge is -2.06. The van der Waals surface area contributed by atoms with Crippen LogP contribution in [0.3, 0.4) is 0 Å². The minimum absolute atomic E-state index is 0.140. The first-order valence-corrected chi connectivity index (χ1v) is 5.10. The van der Waals surface area contributed by atoms with Crippen LogP contribution in [0.2, 0.25) is 10.6 Å². The molecule has 0 aliphatic carbocycles. The first-order valence-electron chi connectivity index (χ1n) is 4.34. The van der Waals surface area contributed by atoms with Gasteiger partial charge in [-0.1, -0.05) is 6.07 Å². The van der Waals surface area contributed by atoms with Gasteiger partial charge in [-0.25, -0.2) is 8.78 Å². The molecule has 0 fully saturated rings. The third kappa shape index (κ3) is 2.78. The molecule has 17 heavy (non-hydrogen) atoms. The average Bonchev–Trinajstić information content (AvgIpc) is 2.22. The number of hydrogen-bond donors (Lipinski definition) is 1. The van der Waals surface area contributed by atoms with E-state index in [1.807, 2.05) is 0 Å².